The lowest BCUT2D eigenvalue weighted by Gasteiger charge is -2.34. The molecular formula is C12H18ClIN2O. The van der Waals surface area contributed by atoms with Gasteiger partial charge >= 0.3 is 0 Å². The van der Waals surface area contributed by atoms with Gasteiger partial charge in [0, 0.05) is 29.7 Å². The molecule has 0 spiro atoms. The Hall–Kier alpha value is 0.120. The van der Waals surface area contributed by atoms with E-state index in [0.29, 0.717) is 0 Å². The molecule has 1 aliphatic heterocycles. The molecule has 0 radical (unpaired) electrons. The lowest BCUT2D eigenvalue weighted by atomic mass is 10.1. The molecule has 1 aromatic carbocycles. The van der Waals surface area contributed by atoms with Gasteiger partial charge < -0.3 is 10.4 Å². The highest BCUT2D eigenvalue weighted by Crippen LogP contribution is 2.25. The Balaban J connectivity index is 0.00000144. The molecule has 1 heterocycles. The van der Waals surface area contributed by atoms with Crippen molar-refractivity contribution < 1.29 is 5.11 Å². The minimum atomic E-state index is 0. The van der Waals surface area contributed by atoms with E-state index in [1.807, 2.05) is 12.1 Å². The Morgan fingerprint density at radius 3 is 2.53 bits per heavy atom. The van der Waals surface area contributed by atoms with Gasteiger partial charge in [-0.25, -0.2) is 0 Å². The van der Waals surface area contributed by atoms with Crippen LogP contribution in [0.25, 0.3) is 0 Å². The van der Waals surface area contributed by atoms with Gasteiger partial charge in [0.25, 0.3) is 0 Å². The van der Waals surface area contributed by atoms with E-state index in [-0.39, 0.29) is 25.1 Å². The Kier molecular flexibility index (Phi) is 6.72. The molecule has 96 valence electrons. The molecule has 3 nitrogen and oxygen atoms in total. The van der Waals surface area contributed by atoms with Crippen molar-refractivity contribution in [3.05, 3.63) is 33.4 Å². The summed E-state index contributed by atoms with van der Waals surface area (Å²) in [7, 11) is 0. The standard InChI is InChI=1S/C12H17IN2O.ClH/c13-11-4-2-1-3-10(11)12(9-16)15-7-5-14-6-8-15;/h1-4,12,14,16H,5-9H2;1H/t12-;/m1./s1. The number of hydrogen-bond donors (Lipinski definition) is 2. The topological polar surface area (TPSA) is 35.5 Å². The maximum absolute atomic E-state index is 9.59. The number of rotatable bonds is 3. The third kappa shape index (κ3) is 3.79. The number of hydrogen-bond acceptors (Lipinski definition) is 3. The maximum atomic E-state index is 9.59. The SMILES string of the molecule is Cl.OC[C@H](c1ccccc1I)N1CCNCC1. The molecule has 0 aromatic heterocycles. The molecule has 1 aliphatic rings. The van der Waals surface area contributed by atoms with E-state index in [1.54, 1.807) is 0 Å². The molecule has 17 heavy (non-hydrogen) atoms. The second-order valence-corrected chi connectivity index (χ2v) is 5.17. The number of nitrogens with one attached hydrogen (secondary N) is 1. The molecule has 0 unspecified atom stereocenters. The van der Waals surface area contributed by atoms with Crippen molar-refractivity contribution in [2.24, 2.45) is 0 Å². The van der Waals surface area contributed by atoms with Crippen LogP contribution in [0.3, 0.4) is 0 Å². The van der Waals surface area contributed by atoms with Gasteiger partial charge in [0.2, 0.25) is 0 Å². The van der Waals surface area contributed by atoms with Crippen LogP contribution in [0.15, 0.2) is 24.3 Å². The van der Waals surface area contributed by atoms with Crippen molar-refractivity contribution in [3.63, 3.8) is 0 Å². The molecule has 0 bridgehead atoms. The van der Waals surface area contributed by atoms with Crippen molar-refractivity contribution in [1.29, 1.82) is 0 Å². The zero-order valence-electron chi connectivity index (χ0n) is 9.60. The van der Waals surface area contributed by atoms with Crippen LogP contribution in [-0.2, 0) is 0 Å². The zero-order valence-corrected chi connectivity index (χ0v) is 12.6. The first-order chi connectivity index (χ1) is 7.83. The van der Waals surface area contributed by atoms with E-state index in [0.717, 1.165) is 26.2 Å². The third-order valence-electron chi connectivity index (χ3n) is 3.03. The summed E-state index contributed by atoms with van der Waals surface area (Å²) in [4.78, 5) is 2.36. The number of benzene rings is 1. The van der Waals surface area contributed by atoms with Crippen molar-refractivity contribution in [1.82, 2.24) is 10.2 Å². The molecule has 1 fully saturated rings. The van der Waals surface area contributed by atoms with Gasteiger partial charge in [-0.1, -0.05) is 18.2 Å². The number of aliphatic hydroxyl groups is 1. The van der Waals surface area contributed by atoms with Gasteiger partial charge in [0.1, 0.15) is 0 Å². The number of halogens is 2. The highest BCUT2D eigenvalue weighted by atomic mass is 127. The normalized spacial score (nSPS) is 18.5. The maximum Gasteiger partial charge on any atom is 0.0629 e. The predicted octanol–water partition coefficient (Wildman–Crippen LogP) is 1.65. The lowest BCUT2D eigenvalue weighted by Crippen LogP contribution is -2.46. The summed E-state index contributed by atoms with van der Waals surface area (Å²) in [5, 5.41) is 12.9. The van der Waals surface area contributed by atoms with Gasteiger partial charge in [-0.15, -0.1) is 12.4 Å². The van der Waals surface area contributed by atoms with E-state index in [9.17, 15) is 5.11 Å². The Bertz CT molecular complexity index is 345. The summed E-state index contributed by atoms with van der Waals surface area (Å²) >= 11 is 2.34. The summed E-state index contributed by atoms with van der Waals surface area (Å²) < 4.78 is 1.23. The number of nitrogens with zero attached hydrogens (tertiary/aromatic N) is 1. The predicted molar refractivity (Wildman–Crippen MR) is 80.7 cm³/mol. The molecule has 1 atom stereocenters. The summed E-state index contributed by atoms with van der Waals surface area (Å²) in [6, 6.07) is 8.45. The fourth-order valence-electron chi connectivity index (χ4n) is 2.15. The highest BCUT2D eigenvalue weighted by Gasteiger charge is 2.22. The number of piperazine rings is 1. The second-order valence-electron chi connectivity index (χ2n) is 4.01. The summed E-state index contributed by atoms with van der Waals surface area (Å²) in [6.07, 6.45) is 0. The van der Waals surface area contributed by atoms with Crippen LogP contribution in [0, 0.1) is 3.57 Å². The minimum Gasteiger partial charge on any atom is -0.394 e. The fourth-order valence-corrected chi connectivity index (χ4v) is 2.90. The Morgan fingerprint density at radius 2 is 1.94 bits per heavy atom. The molecule has 0 saturated carbocycles. The van der Waals surface area contributed by atoms with Gasteiger partial charge in [-0.3, -0.25) is 4.90 Å². The van der Waals surface area contributed by atoms with Gasteiger partial charge in [-0.2, -0.15) is 0 Å². The average Bonchev–Trinajstić information content (AvgIpc) is 2.34. The van der Waals surface area contributed by atoms with E-state index in [2.05, 4.69) is 44.9 Å². The zero-order chi connectivity index (χ0) is 11.4. The first-order valence-corrected chi connectivity index (χ1v) is 6.71. The molecule has 5 heteroatoms. The van der Waals surface area contributed by atoms with Crippen LogP contribution in [0.4, 0.5) is 0 Å². The first-order valence-electron chi connectivity index (χ1n) is 5.63. The molecule has 0 aliphatic carbocycles. The second kappa shape index (κ2) is 7.53. The molecule has 2 N–H and O–H groups in total. The van der Waals surface area contributed by atoms with Crippen LogP contribution in [0.1, 0.15) is 11.6 Å². The molecule has 1 saturated heterocycles. The number of aliphatic hydroxyl groups excluding tert-OH is 1. The van der Waals surface area contributed by atoms with Crippen LogP contribution in [0.5, 0.6) is 0 Å². The average molecular weight is 369 g/mol. The fraction of sp³-hybridized carbons (Fsp3) is 0.500. The van der Waals surface area contributed by atoms with E-state index < -0.39 is 0 Å². The van der Waals surface area contributed by atoms with Crippen molar-refractivity contribution in [3.8, 4) is 0 Å². The summed E-state index contributed by atoms with van der Waals surface area (Å²) in [6.45, 7) is 4.24. The van der Waals surface area contributed by atoms with Crippen molar-refractivity contribution in [2.45, 2.75) is 6.04 Å². The van der Waals surface area contributed by atoms with Gasteiger partial charge in [0.15, 0.2) is 0 Å². The smallest absolute Gasteiger partial charge is 0.0629 e. The molecule has 1 aromatic rings. The quantitative estimate of drug-likeness (QED) is 0.797. The largest absolute Gasteiger partial charge is 0.394 e. The molecule has 2 rings (SSSR count). The Labute approximate surface area is 122 Å². The van der Waals surface area contributed by atoms with E-state index in [4.69, 9.17) is 0 Å². The van der Waals surface area contributed by atoms with Crippen molar-refractivity contribution >= 4 is 35.0 Å². The Morgan fingerprint density at radius 1 is 1.29 bits per heavy atom. The van der Waals surface area contributed by atoms with Crippen LogP contribution < -0.4 is 5.32 Å². The highest BCUT2D eigenvalue weighted by molar-refractivity contribution is 14.1. The first kappa shape index (κ1) is 15.2. The van der Waals surface area contributed by atoms with Crippen LogP contribution >= 0.6 is 35.0 Å². The van der Waals surface area contributed by atoms with Crippen LogP contribution in [0.2, 0.25) is 0 Å². The van der Waals surface area contributed by atoms with Gasteiger partial charge in [0.05, 0.1) is 12.6 Å². The monoisotopic (exact) mass is 368 g/mol. The van der Waals surface area contributed by atoms with Crippen LogP contribution in [-0.4, -0.2) is 42.8 Å². The minimum absolute atomic E-state index is 0. The summed E-state index contributed by atoms with van der Waals surface area (Å²) in [5.74, 6) is 0. The van der Waals surface area contributed by atoms with E-state index >= 15 is 0 Å². The molecule has 0 amide bonds. The molecular weight excluding hydrogens is 351 g/mol. The van der Waals surface area contributed by atoms with Crippen molar-refractivity contribution in [2.75, 3.05) is 32.8 Å². The van der Waals surface area contributed by atoms with Gasteiger partial charge in [-0.05, 0) is 34.2 Å². The summed E-state index contributed by atoms with van der Waals surface area (Å²) in [5.41, 5.74) is 1.24. The third-order valence-corrected chi connectivity index (χ3v) is 4.01. The lowest BCUT2D eigenvalue weighted by molar-refractivity contribution is 0.110. The van der Waals surface area contributed by atoms with E-state index in [1.165, 1.54) is 9.13 Å².